The number of hydrogen-bond acceptors (Lipinski definition) is 2. The number of methoxy groups -OCH3 is 1. The van der Waals surface area contributed by atoms with Crippen LogP contribution in [0.15, 0.2) is 18.2 Å². The van der Waals surface area contributed by atoms with E-state index >= 15 is 0 Å². The highest BCUT2D eigenvalue weighted by molar-refractivity contribution is 5.37. The zero-order valence-electron chi connectivity index (χ0n) is 11.1. The summed E-state index contributed by atoms with van der Waals surface area (Å²) in [5.41, 5.74) is 9.19. The molecule has 2 unspecified atom stereocenters. The van der Waals surface area contributed by atoms with E-state index in [2.05, 4.69) is 32.0 Å². The van der Waals surface area contributed by atoms with Crippen LogP contribution in [-0.2, 0) is 12.8 Å². The average Bonchev–Trinajstić information content (AvgIpc) is 2.36. The Balaban J connectivity index is 2.17. The van der Waals surface area contributed by atoms with Crippen LogP contribution in [0.5, 0.6) is 5.75 Å². The Labute approximate surface area is 104 Å². The van der Waals surface area contributed by atoms with Crippen molar-refractivity contribution in [2.45, 2.75) is 39.2 Å². The summed E-state index contributed by atoms with van der Waals surface area (Å²) in [5.74, 6) is 2.14. The first-order valence-corrected chi connectivity index (χ1v) is 6.53. The summed E-state index contributed by atoms with van der Waals surface area (Å²) in [6, 6.07) is 6.75. The van der Waals surface area contributed by atoms with Gasteiger partial charge in [-0.25, -0.2) is 0 Å². The van der Waals surface area contributed by atoms with Crippen LogP contribution in [0.25, 0.3) is 0 Å². The largest absolute Gasteiger partial charge is 0.497 e. The highest BCUT2D eigenvalue weighted by atomic mass is 16.5. The standard InChI is InChI=1S/C15H23NO/c1-10(2)15(16)12-5-4-11-6-7-14(17-3)9-13(11)8-12/h6-7,9-10,12,15H,4-5,8,16H2,1-3H3. The number of ether oxygens (including phenoxy) is 1. The summed E-state index contributed by atoms with van der Waals surface area (Å²) in [5, 5.41) is 0. The SMILES string of the molecule is COc1ccc2c(c1)CC(C(N)C(C)C)CC2. The lowest BCUT2D eigenvalue weighted by molar-refractivity contribution is 0.310. The van der Waals surface area contributed by atoms with Crippen LogP contribution in [0.1, 0.15) is 31.4 Å². The molecule has 2 nitrogen and oxygen atoms in total. The van der Waals surface area contributed by atoms with Crippen LogP contribution in [0.2, 0.25) is 0 Å². The smallest absolute Gasteiger partial charge is 0.119 e. The monoisotopic (exact) mass is 233 g/mol. The number of aryl methyl sites for hydroxylation is 1. The average molecular weight is 233 g/mol. The van der Waals surface area contributed by atoms with Gasteiger partial charge in [-0.15, -0.1) is 0 Å². The van der Waals surface area contributed by atoms with E-state index in [-0.39, 0.29) is 0 Å². The first-order chi connectivity index (χ1) is 8.11. The topological polar surface area (TPSA) is 35.2 Å². The second-order valence-corrected chi connectivity index (χ2v) is 5.46. The van der Waals surface area contributed by atoms with Gasteiger partial charge in [0.25, 0.3) is 0 Å². The molecular weight excluding hydrogens is 210 g/mol. The van der Waals surface area contributed by atoms with Crippen LogP contribution in [-0.4, -0.2) is 13.2 Å². The van der Waals surface area contributed by atoms with Crippen LogP contribution >= 0.6 is 0 Å². The van der Waals surface area contributed by atoms with Crippen molar-refractivity contribution in [3.8, 4) is 5.75 Å². The van der Waals surface area contributed by atoms with Crippen molar-refractivity contribution in [1.82, 2.24) is 0 Å². The van der Waals surface area contributed by atoms with Crippen molar-refractivity contribution in [1.29, 1.82) is 0 Å². The van der Waals surface area contributed by atoms with Gasteiger partial charge in [0.05, 0.1) is 7.11 Å². The van der Waals surface area contributed by atoms with Crippen molar-refractivity contribution < 1.29 is 4.74 Å². The Morgan fingerprint density at radius 2 is 2.06 bits per heavy atom. The molecule has 0 amide bonds. The third kappa shape index (κ3) is 2.63. The number of rotatable bonds is 3. The minimum absolute atomic E-state index is 0.314. The third-order valence-electron chi connectivity index (χ3n) is 3.99. The Morgan fingerprint density at radius 1 is 1.29 bits per heavy atom. The summed E-state index contributed by atoms with van der Waals surface area (Å²) in [7, 11) is 1.72. The first-order valence-electron chi connectivity index (χ1n) is 6.53. The normalized spacial score (nSPS) is 21.1. The summed E-state index contributed by atoms with van der Waals surface area (Å²) in [6.45, 7) is 4.43. The number of benzene rings is 1. The molecule has 17 heavy (non-hydrogen) atoms. The summed E-state index contributed by atoms with van der Waals surface area (Å²) < 4.78 is 5.29. The van der Waals surface area contributed by atoms with Gasteiger partial charge >= 0.3 is 0 Å². The van der Waals surface area contributed by atoms with E-state index in [9.17, 15) is 0 Å². The number of fused-ring (bicyclic) bond motifs is 1. The van der Waals surface area contributed by atoms with E-state index in [0.29, 0.717) is 17.9 Å². The Kier molecular flexibility index (Phi) is 3.72. The zero-order chi connectivity index (χ0) is 12.4. The maximum atomic E-state index is 6.29. The first kappa shape index (κ1) is 12.4. The molecule has 2 heteroatoms. The molecule has 94 valence electrons. The second-order valence-electron chi connectivity index (χ2n) is 5.46. The molecule has 0 bridgehead atoms. The molecule has 0 spiro atoms. The van der Waals surface area contributed by atoms with E-state index in [1.54, 1.807) is 7.11 Å². The fraction of sp³-hybridized carbons (Fsp3) is 0.600. The maximum absolute atomic E-state index is 6.29. The van der Waals surface area contributed by atoms with Crippen molar-refractivity contribution in [2.75, 3.05) is 7.11 Å². The summed E-state index contributed by atoms with van der Waals surface area (Å²) in [6.07, 6.45) is 3.48. The highest BCUT2D eigenvalue weighted by Crippen LogP contribution is 2.31. The Bertz CT molecular complexity index is 387. The Hall–Kier alpha value is -1.02. The lowest BCUT2D eigenvalue weighted by Crippen LogP contribution is -2.38. The van der Waals surface area contributed by atoms with Gasteiger partial charge in [0.2, 0.25) is 0 Å². The van der Waals surface area contributed by atoms with Crippen molar-refractivity contribution in [2.24, 2.45) is 17.6 Å². The molecule has 0 radical (unpaired) electrons. The van der Waals surface area contributed by atoms with Crippen LogP contribution in [0.4, 0.5) is 0 Å². The van der Waals surface area contributed by atoms with Crippen LogP contribution in [0, 0.1) is 11.8 Å². The van der Waals surface area contributed by atoms with Crippen molar-refractivity contribution >= 4 is 0 Å². The zero-order valence-corrected chi connectivity index (χ0v) is 11.1. The molecular formula is C15H23NO. The van der Waals surface area contributed by atoms with Gasteiger partial charge in [0, 0.05) is 6.04 Å². The van der Waals surface area contributed by atoms with Crippen molar-refractivity contribution in [3.63, 3.8) is 0 Å². The minimum atomic E-state index is 0.314. The van der Waals surface area contributed by atoms with Gasteiger partial charge in [0.1, 0.15) is 5.75 Å². The van der Waals surface area contributed by atoms with E-state index in [1.807, 2.05) is 0 Å². The lowest BCUT2D eigenvalue weighted by atomic mass is 9.77. The van der Waals surface area contributed by atoms with Gasteiger partial charge in [-0.3, -0.25) is 0 Å². The van der Waals surface area contributed by atoms with Crippen LogP contribution in [0.3, 0.4) is 0 Å². The van der Waals surface area contributed by atoms with E-state index < -0.39 is 0 Å². The molecule has 1 aliphatic rings. The van der Waals surface area contributed by atoms with Gasteiger partial charge in [-0.2, -0.15) is 0 Å². The van der Waals surface area contributed by atoms with Gasteiger partial charge in [-0.1, -0.05) is 19.9 Å². The quantitative estimate of drug-likeness (QED) is 0.871. The van der Waals surface area contributed by atoms with Gasteiger partial charge < -0.3 is 10.5 Å². The van der Waals surface area contributed by atoms with E-state index in [1.165, 1.54) is 17.5 Å². The predicted molar refractivity (Wildman–Crippen MR) is 71.3 cm³/mol. The van der Waals surface area contributed by atoms with Gasteiger partial charge in [0.15, 0.2) is 0 Å². The van der Waals surface area contributed by atoms with E-state index in [0.717, 1.165) is 18.6 Å². The van der Waals surface area contributed by atoms with Gasteiger partial charge in [-0.05, 0) is 54.4 Å². The molecule has 2 atom stereocenters. The summed E-state index contributed by atoms with van der Waals surface area (Å²) in [4.78, 5) is 0. The maximum Gasteiger partial charge on any atom is 0.119 e. The molecule has 1 aromatic carbocycles. The molecule has 0 aliphatic heterocycles. The minimum Gasteiger partial charge on any atom is -0.497 e. The third-order valence-corrected chi connectivity index (χ3v) is 3.99. The molecule has 1 aromatic rings. The molecule has 0 fully saturated rings. The number of hydrogen-bond donors (Lipinski definition) is 1. The van der Waals surface area contributed by atoms with Crippen molar-refractivity contribution in [3.05, 3.63) is 29.3 Å². The molecule has 0 heterocycles. The molecule has 2 N–H and O–H groups in total. The molecule has 0 aromatic heterocycles. The second kappa shape index (κ2) is 5.09. The number of nitrogens with two attached hydrogens (primary N) is 1. The molecule has 0 saturated carbocycles. The lowest BCUT2D eigenvalue weighted by Gasteiger charge is -2.31. The highest BCUT2D eigenvalue weighted by Gasteiger charge is 2.25. The predicted octanol–water partition coefficient (Wildman–Crippen LogP) is 2.78. The molecule has 1 aliphatic carbocycles. The molecule has 0 saturated heterocycles. The Morgan fingerprint density at radius 3 is 2.71 bits per heavy atom. The fourth-order valence-electron chi connectivity index (χ4n) is 2.76. The molecule has 2 rings (SSSR count). The summed E-state index contributed by atoms with van der Waals surface area (Å²) >= 11 is 0. The fourth-order valence-corrected chi connectivity index (χ4v) is 2.76. The van der Waals surface area contributed by atoms with E-state index in [4.69, 9.17) is 10.5 Å². The van der Waals surface area contributed by atoms with Crippen LogP contribution < -0.4 is 10.5 Å².